The molecular weight excluding hydrogens is 188 g/mol. The largest absolute Gasteiger partial charge is 0.320 e. The Kier molecular flexibility index (Phi) is 2.89. The molecule has 0 radical (unpaired) electrons. The van der Waals surface area contributed by atoms with Gasteiger partial charge in [-0.1, -0.05) is 0 Å². The van der Waals surface area contributed by atoms with E-state index in [2.05, 4.69) is 5.10 Å². The molecule has 80 valence electrons. The van der Waals surface area contributed by atoms with Crippen LogP contribution < -0.4 is 5.73 Å². The molecule has 1 aromatic heterocycles. The number of alkyl halides is 2. The number of hydrogen-bond donors (Lipinski definition) is 1. The van der Waals surface area contributed by atoms with E-state index >= 15 is 0 Å². The van der Waals surface area contributed by atoms with Crippen molar-refractivity contribution >= 4 is 0 Å². The molecule has 2 N–H and O–H groups in total. The van der Waals surface area contributed by atoms with Gasteiger partial charge in [0.15, 0.2) is 0 Å². The van der Waals surface area contributed by atoms with E-state index in [1.807, 2.05) is 0 Å². The summed E-state index contributed by atoms with van der Waals surface area (Å²) in [5.74, 6) is 0. The van der Waals surface area contributed by atoms with Crippen LogP contribution in [0.2, 0.25) is 0 Å². The lowest BCUT2D eigenvalue weighted by Crippen LogP contribution is -2.45. The third kappa shape index (κ3) is 2.29. The van der Waals surface area contributed by atoms with Crippen LogP contribution in [0.3, 0.4) is 0 Å². The topological polar surface area (TPSA) is 43.8 Å². The van der Waals surface area contributed by atoms with Crippen LogP contribution in [0.4, 0.5) is 8.78 Å². The highest BCUT2D eigenvalue weighted by Gasteiger charge is 2.31. The standard InChI is InChI=1S/C9H15F2N3/c1-6-7(5-14(3)13-6)4-9(2,12)8(10)11/h5,8H,4,12H2,1-3H3. The van der Waals surface area contributed by atoms with Crippen LogP contribution >= 0.6 is 0 Å². The molecule has 0 saturated heterocycles. The van der Waals surface area contributed by atoms with E-state index in [1.165, 1.54) is 6.92 Å². The fraction of sp³-hybridized carbons (Fsp3) is 0.667. The predicted molar refractivity (Wildman–Crippen MR) is 50.2 cm³/mol. The van der Waals surface area contributed by atoms with Gasteiger partial charge in [-0.2, -0.15) is 5.10 Å². The lowest BCUT2D eigenvalue weighted by molar-refractivity contribution is 0.0638. The van der Waals surface area contributed by atoms with E-state index in [1.54, 1.807) is 24.9 Å². The Bertz CT molecular complexity index is 318. The van der Waals surface area contributed by atoms with Crippen molar-refractivity contribution in [1.82, 2.24) is 9.78 Å². The summed E-state index contributed by atoms with van der Waals surface area (Å²) in [6.45, 7) is 3.14. The van der Waals surface area contributed by atoms with Crippen molar-refractivity contribution in [2.75, 3.05) is 0 Å². The number of hydrogen-bond acceptors (Lipinski definition) is 2. The van der Waals surface area contributed by atoms with Crippen LogP contribution in [0.25, 0.3) is 0 Å². The quantitative estimate of drug-likeness (QED) is 0.803. The first-order valence-electron chi connectivity index (χ1n) is 4.39. The van der Waals surface area contributed by atoms with Gasteiger partial charge in [-0.05, 0) is 25.8 Å². The first kappa shape index (κ1) is 11.1. The zero-order valence-corrected chi connectivity index (χ0v) is 8.59. The summed E-state index contributed by atoms with van der Waals surface area (Å²) in [7, 11) is 1.76. The Morgan fingerprint density at radius 3 is 2.57 bits per heavy atom. The maximum atomic E-state index is 12.5. The average Bonchev–Trinajstić information content (AvgIpc) is 2.29. The minimum Gasteiger partial charge on any atom is -0.320 e. The van der Waals surface area contributed by atoms with Gasteiger partial charge in [-0.3, -0.25) is 4.68 Å². The second-order valence-electron chi connectivity index (χ2n) is 3.90. The van der Waals surface area contributed by atoms with E-state index in [0.717, 1.165) is 11.3 Å². The first-order chi connectivity index (χ1) is 6.33. The van der Waals surface area contributed by atoms with Crippen LogP contribution in [0.1, 0.15) is 18.2 Å². The highest BCUT2D eigenvalue weighted by molar-refractivity contribution is 5.18. The normalized spacial score (nSPS) is 15.9. The van der Waals surface area contributed by atoms with E-state index < -0.39 is 12.0 Å². The molecule has 0 spiro atoms. The van der Waals surface area contributed by atoms with Crippen molar-refractivity contribution < 1.29 is 8.78 Å². The van der Waals surface area contributed by atoms with Crippen LogP contribution in [-0.4, -0.2) is 21.7 Å². The molecule has 1 atom stereocenters. The van der Waals surface area contributed by atoms with Crippen LogP contribution in [-0.2, 0) is 13.5 Å². The van der Waals surface area contributed by atoms with Crippen molar-refractivity contribution in [3.63, 3.8) is 0 Å². The summed E-state index contributed by atoms with van der Waals surface area (Å²) in [4.78, 5) is 0. The second kappa shape index (κ2) is 3.65. The molecule has 1 rings (SSSR count). The third-order valence-electron chi connectivity index (χ3n) is 2.18. The molecule has 0 aromatic carbocycles. The Morgan fingerprint density at radius 1 is 1.64 bits per heavy atom. The number of aromatic nitrogens is 2. The molecule has 0 amide bonds. The zero-order chi connectivity index (χ0) is 10.9. The molecule has 0 bridgehead atoms. The van der Waals surface area contributed by atoms with E-state index in [9.17, 15) is 8.78 Å². The highest BCUT2D eigenvalue weighted by Crippen LogP contribution is 2.19. The fourth-order valence-corrected chi connectivity index (χ4v) is 1.31. The van der Waals surface area contributed by atoms with Crippen molar-refractivity contribution in [2.24, 2.45) is 12.8 Å². The van der Waals surface area contributed by atoms with Gasteiger partial charge in [0.2, 0.25) is 0 Å². The zero-order valence-electron chi connectivity index (χ0n) is 8.59. The SMILES string of the molecule is Cc1nn(C)cc1CC(C)(N)C(F)F. The van der Waals surface area contributed by atoms with Crippen molar-refractivity contribution in [1.29, 1.82) is 0 Å². The summed E-state index contributed by atoms with van der Waals surface area (Å²) in [6, 6.07) is 0. The molecule has 0 saturated carbocycles. The smallest absolute Gasteiger partial charge is 0.256 e. The summed E-state index contributed by atoms with van der Waals surface area (Å²) in [5.41, 5.74) is 5.53. The Hall–Kier alpha value is -0.970. The second-order valence-corrected chi connectivity index (χ2v) is 3.90. The average molecular weight is 203 g/mol. The summed E-state index contributed by atoms with van der Waals surface area (Å²) >= 11 is 0. The molecule has 5 heteroatoms. The lowest BCUT2D eigenvalue weighted by atomic mass is 9.95. The molecule has 1 aromatic rings. The van der Waals surface area contributed by atoms with Gasteiger partial charge in [0.25, 0.3) is 6.43 Å². The summed E-state index contributed by atoms with van der Waals surface area (Å²) in [6.07, 6.45) is -0.658. The molecule has 14 heavy (non-hydrogen) atoms. The number of aryl methyl sites for hydroxylation is 2. The van der Waals surface area contributed by atoms with E-state index in [0.29, 0.717) is 0 Å². The Morgan fingerprint density at radius 2 is 2.21 bits per heavy atom. The molecule has 3 nitrogen and oxygen atoms in total. The van der Waals surface area contributed by atoms with Gasteiger partial charge in [0.05, 0.1) is 11.2 Å². The molecule has 0 fully saturated rings. The number of rotatable bonds is 3. The molecule has 0 aliphatic carbocycles. The third-order valence-corrected chi connectivity index (χ3v) is 2.18. The number of nitrogens with zero attached hydrogens (tertiary/aromatic N) is 2. The van der Waals surface area contributed by atoms with Gasteiger partial charge in [0, 0.05) is 13.2 Å². The minimum absolute atomic E-state index is 0.143. The van der Waals surface area contributed by atoms with Gasteiger partial charge in [-0.25, -0.2) is 8.78 Å². The van der Waals surface area contributed by atoms with Crippen LogP contribution in [0.15, 0.2) is 6.20 Å². The number of halogens is 2. The van der Waals surface area contributed by atoms with Gasteiger partial charge >= 0.3 is 0 Å². The molecule has 0 aliphatic heterocycles. The monoisotopic (exact) mass is 203 g/mol. The van der Waals surface area contributed by atoms with Gasteiger partial charge in [-0.15, -0.1) is 0 Å². The van der Waals surface area contributed by atoms with Crippen LogP contribution in [0, 0.1) is 6.92 Å². The van der Waals surface area contributed by atoms with Gasteiger partial charge < -0.3 is 5.73 Å². The van der Waals surface area contributed by atoms with Crippen molar-refractivity contribution in [3.05, 3.63) is 17.5 Å². The fourth-order valence-electron chi connectivity index (χ4n) is 1.31. The maximum absolute atomic E-state index is 12.5. The summed E-state index contributed by atoms with van der Waals surface area (Å²) in [5, 5.41) is 4.07. The first-order valence-corrected chi connectivity index (χ1v) is 4.39. The molecular formula is C9H15F2N3. The molecule has 0 aliphatic rings. The van der Waals surface area contributed by atoms with E-state index in [4.69, 9.17) is 5.73 Å². The van der Waals surface area contributed by atoms with Crippen molar-refractivity contribution in [2.45, 2.75) is 32.2 Å². The Balaban J connectivity index is 2.83. The predicted octanol–water partition coefficient (Wildman–Crippen LogP) is 1.25. The minimum atomic E-state index is -2.53. The molecule has 1 heterocycles. The Labute approximate surface area is 81.9 Å². The van der Waals surface area contributed by atoms with Crippen molar-refractivity contribution in [3.8, 4) is 0 Å². The number of nitrogens with two attached hydrogens (primary N) is 1. The highest BCUT2D eigenvalue weighted by atomic mass is 19.3. The lowest BCUT2D eigenvalue weighted by Gasteiger charge is -2.22. The van der Waals surface area contributed by atoms with Gasteiger partial charge in [0.1, 0.15) is 0 Å². The van der Waals surface area contributed by atoms with E-state index in [-0.39, 0.29) is 6.42 Å². The van der Waals surface area contributed by atoms with Crippen LogP contribution in [0.5, 0.6) is 0 Å². The maximum Gasteiger partial charge on any atom is 0.256 e. The molecule has 1 unspecified atom stereocenters. The summed E-state index contributed by atoms with van der Waals surface area (Å²) < 4.78 is 26.6.